The highest BCUT2D eigenvalue weighted by Gasteiger charge is 2.47. The lowest BCUT2D eigenvalue weighted by Crippen LogP contribution is -2.48. The maximum atomic E-state index is 11.8. The Labute approximate surface area is 159 Å². The van der Waals surface area contributed by atoms with Crippen LogP contribution in [0.2, 0.25) is 18.1 Å². The van der Waals surface area contributed by atoms with E-state index < -0.39 is 24.5 Å². The van der Waals surface area contributed by atoms with Crippen LogP contribution in [0.1, 0.15) is 33.3 Å². The third-order valence-corrected chi connectivity index (χ3v) is 10.7. The van der Waals surface area contributed by atoms with Gasteiger partial charge in [-0.2, -0.15) is 8.42 Å². The molecule has 1 aromatic rings. The monoisotopic (exact) mass is 399 g/mol. The molecule has 0 amide bonds. The number of rotatable bonds is 6. The molecule has 0 spiro atoms. The third kappa shape index (κ3) is 5.39. The normalized spacial score (nSPS) is 25.6. The molecule has 0 bridgehead atoms. The number of hydrogen-bond acceptors (Lipinski definition) is 5. The van der Waals surface area contributed by atoms with E-state index in [2.05, 4.69) is 50.9 Å². The molecule has 0 N–H and O–H groups in total. The van der Waals surface area contributed by atoms with Gasteiger partial charge in [0.1, 0.15) is 6.10 Å². The van der Waals surface area contributed by atoms with Gasteiger partial charge in [0.2, 0.25) is 0 Å². The number of hydrogen-bond donors (Lipinski definition) is 0. The molecule has 1 saturated heterocycles. The van der Waals surface area contributed by atoms with Gasteiger partial charge in [0.05, 0.1) is 12.4 Å². The lowest BCUT2D eigenvalue weighted by Gasteiger charge is -2.39. The van der Waals surface area contributed by atoms with Gasteiger partial charge in [-0.3, -0.25) is 9.08 Å². The summed E-state index contributed by atoms with van der Waals surface area (Å²) in [6, 6.07) is 10.2. The van der Waals surface area contributed by atoms with Crippen molar-refractivity contribution in [2.75, 3.05) is 12.8 Å². The molecule has 1 aliphatic heterocycles. The lowest BCUT2D eigenvalue weighted by atomic mass is 10.1. The van der Waals surface area contributed by atoms with Crippen molar-refractivity contribution < 1.29 is 17.0 Å². The summed E-state index contributed by atoms with van der Waals surface area (Å²) in [5.41, 5.74) is 1.20. The van der Waals surface area contributed by atoms with Crippen molar-refractivity contribution in [2.45, 2.75) is 70.6 Å². The largest absolute Gasteiger partial charge is 0.410 e. The molecule has 1 aliphatic rings. The van der Waals surface area contributed by atoms with Gasteiger partial charge in [-0.15, -0.1) is 0 Å². The van der Waals surface area contributed by atoms with E-state index in [1.807, 2.05) is 25.1 Å². The molecule has 2 rings (SSSR count). The first kappa shape index (κ1) is 21.6. The van der Waals surface area contributed by atoms with Crippen LogP contribution < -0.4 is 0 Å². The minimum atomic E-state index is -3.55. The Morgan fingerprint density at radius 2 is 1.77 bits per heavy atom. The van der Waals surface area contributed by atoms with Crippen molar-refractivity contribution in [2.24, 2.45) is 0 Å². The minimum absolute atomic E-state index is 0.0419. The molecule has 5 nitrogen and oxygen atoms in total. The molecule has 1 fully saturated rings. The van der Waals surface area contributed by atoms with Gasteiger partial charge in [0.15, 0.2) is 8.32 Å². The van der Waals surface area contributed by atoms with Gasteiger partial charge < -0.3 is 4.43 Å². The van der Waals surface area contributed by atoms with Crippen molar-refractivity contribution in [3.63, 3.8) is 0 Å². The van der Waals surface area contributed by atoms with Crippen LogP contribution in [0.25, 0.3) is 0 Å². The standard InChI is InChI=1S/C19H33NO4SSi/c1-15-18(23-25(5,21)22)17(24-26(6,7)19(2,3)4)14-20(15)13-16-11-9-8-10-12-16/h8-12,15,17-18H,13-14H2,1-7H3/t15?,17-,18-/m0/s1. The second kappa shape index (κ2) is 7.71. The van der Waals surface area contributed by atoms with E-state index in [1.165, 1.54) is 5.56 Å². The van der Waals surface area contributed by atoms with Gasteiger partial charge in [0.25, 0.3) is 10.1 Å². The maximum absolute atomic E-state index is 11.8. The molecule has 1 heterocycles. The Morgan fingerprint density at radius 3 is 2.27 bits per heavy atom. The fraction of sp³-hybridized carbons (Fsp3) is 0.684. The second-order valence-corrected chi connectivity index (χ2v) is 15.2. The Morgan fingerprint density at radius 1 is 1.19 bits per heavy atom. The molecule has 1 aromatic carbocycles. The van der Waals surface area contributed by atoms with Crippen molar-refractivity contribution in [1.29, 1.82) is 0 Å². The van der Waals surface area contributed by atoms with Crippen molar-refractivity contribution in [3.8, 4) is 0 Å². The van der Waals surface area contributed by atoms with Gasteiger partial charge in [-0.1, -0.05) is 51.1 Å². The summed E-state index contributed by atoms with van der Waals surface area (Å²) in [4.78, 5) is 2.25. The molecule has 0 aliphatic carbocycles. The van der Waals surface area contributed by atoms with Crippen LogP contribution in [0.4, 0.5) is 0 Å². The molecule has 0 saturated carbocycles. The van der Waals surface area contributed by atoms with Crippen LogP contribution in [0.3, 0.4) is 0 Å². The Balaban J connectivity index is 2.23. The summed E-state index contributed by atoms with van der Waals surface area (Å²) in [5, 5.41) is 0.0543. The molecule has 7 heteroatoms. The van der Waals surface area contributed by atoms with Gasteiger partial charge in [-0.25, -0.2) is 0 Å². The quantitative estimate of drug-likeness (QED) is 0.540. The summed E-state index contributed by atoms with van der Waals surface area (Å²) in [5.74, 6) is 0. The molecular formula is C19H33NO4SSi. The van der Waals surface area contributed by atoms with Gasteiger partial charge >= 0.3 is 0 Å². The Hall–Kier alpha value is -0.733. The number of likely N-dealkylation sites (tertiary alicyclic amines) is 1. The average Bonchev–Trinajstić information content (AvgIpc) is 2.74. The molecule has 0 aromatic heterocycles. The highest BCUT2D eigenvalue weighted by molar-refractivity contribution is 7.86. The van der Waals surface area contributed by atoms with Crippen LogP contribution in [-0.4, -0.2) is 52.7 Å². The van der Waals surface area contributed by atoms with Crippen molar-refractivity contribution in [3.05, 3.63) is 35.9 Å². The van der Waals surface area contributed by atoms with Crippen molar-refractivity contribution >= 4 is 18.4 Å². The summed E-state index contributed by atoms with van der Waals surface area (Å²) in [7, 11) is -5.59. The molecular weight excluding hydrogens is 366 g/mol. The molecule has 148 valence electrons. The van der Waals surface area contributed by atoms with Gasteiger partial charge in [0, 0.05) is 19.1 Å². The first-order chi connectivity index (χ1) is 11.8. The lowest BCUT2D eigenvalue weighted by molar-refractivity contribution is 0.0713. The van der Waals surface area contributed by atoms with E-state index in [1.54, 1.807) is 0 Å². The highest BCUT2D eigenvalue weighted by Crippen LogP contribution is 2.39. The predicted molar refractivity (Wildman–Crippen MR) is 108 cm³/mol. The van der Waals surface area contributed by atoms with Crippen LogP contribution in [0.15, 0.2) is 30.3 Å². The van der Waals surface area contributed by atoms with Crippen LogP contribution >= 0.6 is 0 Å². The summed E-state index contributed by atoms with van der Waals surface area (Å²) in [6.45, 7) is 14.4. The van der Waals surface area contributed by atoms with Crippen LogP contribution in [-0.2, 0) is 25.3 Å². The number of nitrogens with zero attached hydrogens (tertiary/aromatic N) is 1. The Kier molecular flexibility index (Phi) is 6.40. The zero-order chi connectivity index (χ0) is 19.8. The highest BCUT2D eigenvalue weighted by atomic mass is 32.2. The molecule has 26 heavy (non-hydrogen) atoms. The predicted octanol–water partition coefficient (Wildman–Crippen LogP) is 3.63. The molecule has 1 unspecified atom stereocenters. The van der Waals surface area contributed by atoms with Crippen LogP contribution in [0.5, 0.6) is 0 Å². The maximum Gasteiger partial charge on any atom is 0.264 e. The zero-order valence-electron chi connectivity index (χ0n) is 17.0. The summed E-state index contributed by atoms with van der Waals surface area (Å²) < 4.78 is 35.7. The number of benzene rings is 1. The third-order valence-electron chi connectivity index (χ3n) is 5.60. The van der Waals surface area contributed by atoms with E-state index in [9.17, 15) is 8.42 Å². The minimum Gasteiger partial charge on any atom is -0.410 e. The fourth-order valence-electron chi connectivity index (χ4n) is 3.05. The van der Waals surface area contributed by atoms with Crippen molar-refractivity contribution in [1.82, 2.24) is 4.90 Å². The van der Waals surface area contributed by atoms with Crippen LogP contribution in [0, 0.1) is 0 Å². The fourth-order valence-corrected chi connectivity index (χ4v) is 5.06. The topological polar surface area (TPSA) is 55.8 Å². The summed E-state index contributed by atoms with van der Waals surface area (Å²) in [6.07, 6.45) is 0.385. The van der Waals surface area contributed by atoms with E-state index in [0.717, 1.165) is 12.8 Å². The molecule has 0 radical (unpaired) electrons. The van der Waals surface area contributed by atoms with E-state index >= 15 is 0 Å². The SMILES string of the molecule is CC1[C@H](OS(C)(=O)=O)[C@@H](O[Si](C)(C)C(C)(C)C)CN1Cc1ccccc1. The first-order valence-corrected chi connectivity index (χ1v) is 13.9. The molecule has 3 atom stereocenters. The second-order valence-electron chi connectivity index (χ2n) is 8.84. The van der Waals surface area contributed by atoms with E-state index in [4.69, 9.17) is 8.61 Å². The summed E-state index contributed by atoms with van der Waals surface area (Å²) >= 11 is 0. The van der Waals surface area contributed by atoms with Gasteiger partial charge in [-0.05, 0) is 30.6 Å². The van der Waals surface area contributed by atoms with E-state index in [-0.39, 0.29) is 17.2 Å². The zero-order valence-corrected chi connectivity index (χ0v) is 18.8. The average molecular weight is 400 g/mol. The smallest absolute Gasteiger partial charge is 0.264 e. The first-order valence-electron chi connectivity index (χ1n) is 9.14. The Bertz CT molecular complexity index is 700. The van der Waals surface area contributed by atoms with E-state index in [0.29, 0.717) is 6.54 Å².